The van der Waals surface area contributed by atoms with Gasteiger partial charge in [0.1, 0.15) is 35.9 Å². The van der Waals surface area contributed by atoms with Gasteiger partial charge in [0.05, 0.1) is 22.2 Å². The molecule has 2 aliphatic rings. The summed E-state index contributed by atoms with van der Waals surface area (Å²) in [4.78, 5) is 65.0. The number of phenolic OH excluding ortho intramolecular Hbond substituents is 2. The number of β-amino-alcohol motifs (C(OH)–C–C–N with tert-alkyl or cyclic N) is 1. The van der Waals surface area contributed by atoms with E-state index in [1.807, 2.05) is 111 Å². The number of hydrogen-bond donors (Lipinski definition) is 5. The number of phenols is 2. The molecule has 7 rings (SSSR count). The number of benzene rings is 4. The van der Waals surface area contributed by atoms with Gasteiger partial charge in [-0.05, 0) is 107 Å². The molecule has 0 radical (unpaired) electrons. The number of nitrogens with zero attached hydrogens (tertiary/aromatic N) is 4. The van der Waals surface area contributed by atoms with Gasteiger partial charge in [-0.2, -0.15) is 0 Å². The second kappa shape index (κ2) is 27.7. The summed E-state index contributed by atoms with van der Waals surface area (Å²) in [7, 11) is 0. The lowest BCUT2D eigenvalue weighted by Gasteiger charge is -2.35. The number of nitrogens with one attached hydrogen (secondary N) is 2. The number of aryl methyl sites for hydroxylation is 1. The molecular weight excluding hydrogens is 1000 g/mol. The van der Waals surface area contributed by atoms with Crippen LogP contribution in [-0.4, -0.2) is 129 Å². The van der Waals surface area contributed by atoms with Crippen LogP contribution in [0.5, 0.6) is 17.2 Å². The van der Waals surface area contributed by atoms with E-state index in [1.165, 1.54) is 4.90 Å². The van der Waals surface area contributed by atoms with Gasteiger partial charge in [-0.1, -0.05) is 107 Å². The third-order valence-corrected chi connectivity index (χ3v) is 15.5. The molecule has 2 aliphatic heterocycles. The zero-order valence-corrected chi connectivity index (χ0v) is 46.0. The van der Waals surface area contributed by atoms with E-state index in [9.17, 15) is 34.5 Å². The number of carbonyl (C=O) groups is 4. The van der Waals surface area contributed by atoms with Crippen molar-refractivity contribution in [2.45, 2.75) is 117 Å². The first-order chi connectivity index (χ1) is 36.6. The van der Waals surface area contributed by atoms with Gasteiger partial charge < -0.3 is 40.5 Å². The summed E-state index contributed by atoms with van der Waals surface area (Å²) in [5.41, 5.74) is 9.01. The predicted octanol–water partition coefficient (Wildman–Crippen LogP) is 9.57. The largest absolute Gasteiger partial charge is 0.508 e. The maximum Gasteiger partial charge on any atom is 0.246 e. The molecule has 3 heterocycles. The van der Waals surface area contributed by atoms with Crippen molar-refractivity contribution in [2.75, 3.05) is 51.8 Å². The maximum absolute atomic E-state index is 14.1. The number of halogens is 1. The van der Waals surface area contributed by atoms with Gasteiger partial charge in [0, 0.05) is 71.0 Å². The number of aromatic nitrogens is 1. The molecule has 14 nitrogen and oxygen atoms in total. The Morgan fingerprint density at radius 1 is 0.776 bits per heavy atom. The molecule has 0 spiro atoms. The normalized spacial score (nSPS) is 16.8. The number of allylic oxidation sites excluding steroid dienone is 1. The Bertz CT molecular complexity index is 2720. The monoisotopic (exact) mass is 1070 g/mol. The molecule has 76 heavy (non-hydrogen) atoms. The van der Waals surface area contributed by atoms with Crippen LogP contribution in [0.25, 0.3) is 21.6 Å². The quantitative estimate of drug-likeness (QED) is 0.0227. The van der Waals surface area contributed by atoms with Crippen LogP contribution in [0.15, 0.2) is 103 Å². The molecule has 1 unspecified atom stereocenters. The average molecular weight is 1080 g/mol. The van der Waals surface area contributed by atoms with E-state index in [4.69, 9.17) is 16.3 Å². The zero-order valence-electron chi connectivity index (χ0n) is 44.4. The molecule has 5 aromatic rings. The molecule has 2 saturated heterocycles. The first-order valence-corrected chi connectivity index (χ1v) is 28.2. The lowest BCUT2D eigenvalue weighted by molar-refractivity contribution is -0.144. The Morgan fingerprint density at radius 3 is 1.96 bits per heavy atom. The SMILES string of the molecule is Cc1ncsc1-c1ccc(CNC(=O)[C@@H]2C[C@@H](O)CN2C(=O)C(NC(=O)CCCCCCCCC(=O)N2CCN(CCOc3ccc(C(=C(CCCl)c4ccc(O)cc4)c4ccc(O)cc4)cc3)CC2)C(C)(C)C)cc1. The molecule has 0 aliphatic carbocycles. The Balaban J connectivity index is 0.764. The van der Waals surface area contributed by atoms with E-state index >= 15 is 0 Å². The number of amides is 4. The first-order valence-electron chi connectivity index (χ1n) is 26.7. The highest BCUT2D eigenvalue weighted by molar-refractivity contribution is 7.13. The number of piperazine rings is 1. The van der Waals surface area contributed by atoms with Crippen LogP contribution in [0.4, 0.5) is 0 Å². The minimum absolute atomic E-state index is 0.0212. The number of unbranched alkanes of at least 4 members (excludes halogenated alkanes) is 5. The van der Waals surface area contributed by atoms with Crippen molar-refractivity contribution in [2.24, 2.45) is 5.41 Å². The Labute approximate surface area is 457 Å². The van der Waals surface area contributed by atoms with E-state index in [2.05, 4.69) is 20.5 Å². The van der Waals surface area contributed by atoms with E-state index in [0.29, 0.717) is 44.8 Å². The number of thiazole rings is 1. The summed E-state index contributed by atoms with van der Waals surface area (Å²) in [5, 5.41) is 36.5. The third-order valence-electron chi connectivity index (χ3n) is 14.3. The molecule has 5 N–H and O–H groups in total. The minimum atomic E-state index is -0.869. The maximum atomic E-state index is 14.1. The van der Waals surface area contributed by atoms with Crippen LogP contribution in [0, 0.1) is 12.3 Å². The van der Waals surface area contributed by atoms with Crippen LogP contribution >= 0.6 is 22.9 Å². The number of hydrogen-bond acceptors (Lipinski definition) is 11. The molecular formula is C60H75ClN6O8S. The minimum Gasteiger partial charge on any atom is -0.508 e. The Kier molecular flexibility index (Phi) is 20.9. The highest BCUT2D eigenvalue weighted by Crippen LogP contribution is 2.37. The molecule has 3 atom stereocenters. The van der Waals surface area contributed by atoms with E-state index in [0.717, 1.165) is 107 Å². The fraction of sp³-hybridized carbons (Fsp3) is 0.450. The van der Waals surface area contributed by atoms with Crippen LogP contribution in [-0.2, 0) is 25.7 Å². The smallest absolute Gasteiger partial charge is 0.246 e. The van der Waals surface area contributed by atoms with Gasteiger partial charge in [-0.15, -0.1) is 22.9 Å². The zero-order chi connectivity index (χ0) is 54.2. The van der Waals surface area contributed by atoms with Crippen LogP contribution in [0.2, 0.25) is 0 Å². The number of aromatic hydroxyl groups is 2. The third kappa shape index (κ3) is 16.1. The van der Waals surface area contributed by atoms with Crippen LogP contribution in [0.3, 0.4) is 0 Å². The topological polar surface area (TPSA) is 185 Å². The Hall–Kier alpha value is -6.26. The lowest BCUT2D eigenvalue weighted by atomic mass is 9.85. The average Bonchev–Trinajstić information content (AvgIpc) is 4.03. The summed E-state index contributed by atoms with van der Waals surface area (Å²) in [5.74, 6) is 0.802. The molecule has 2 fully saturated rings. The van der Waals surface area contributed by atoms with Gasteiger partial charge in [-0.3, -0.25) is 24.1 Å². The second-order valence-corrected chi connectivity index (χ2v) is 22.3. The van der Waals surface area contributed by atoms with E-state index in [-0.39, 0.29) is 61.1 Å². The van der Waals surface area contributed by atoms with Gasteiger partial charge in [0.25, 0.3) is 0 Å². The van der Waals surface area contributed by atoms with Crippen LogP contribution < -0.4 is 15.4 Å². The summed E-state index contributed by atoms with van der Waals surface area (Å²) >= 11 is 7.89. The van der Waals surface area contributed by atoms with Gasteiger partial charge in [0.2, 0.25) is 23.6 Å². The first kappa shape index (κ1) is 57.4. The van der Waals surface area contributed by atoms with E-state index < -0.39 is 23.6 Å². The summed E-state index contributed by atoms with van der Waals surface area (Å²) < 4.78 is 6.18. The Morgan fingerprint density at radius 2 is 1.37 bits per heavy atom. The molecule has 1 aromatic heterocycles. The van der Waals surface area contributed by atoms with E-state index in [1.54, 1.807) is 35.6 Å². The number of ether oxygens (including phenoxy) is 1. The number of likely N-dealkylation sites (tertiary alicyclic amines) is 1. The summed E-state index contributed by atoms with van der Waals surface area (Å²) in [6.45, 7) is 12.2. The molecule has 0 bridgehead atoms. The predicted molar refractivity (Wildman–Crippen MR) is 301 cm³/mol. The standard InChI is InChI=1S/C60H75ClN6O8S/c1-41-56(76-40-63-41)46-15-13-42(14-16-46)38-62-58(73)52-37-49(70)39-67(52)59(74)57(60(2,3)4)64-53(71)11-9-7-5-6-8-10-12-54(72)66-33-31-65(32-34-66)35-36-75-50-27-21-45(22-28-50)55(44-19-25-48(69)26-20-44)51(29-30-61)43-17-23-47(68)24-18-43/h13-28,40,49,52,57,68-70H,5-12,29-39H2,1-4H3,(H,62,73)(H,64,71)/t49-,52+,57?/m1/s1. The van der Waals surface area contributed by atoms with Gasteiger partial charge in [-0.25, -0.2) is 4.98 Å². The number of aliphatic hydroxyl groups is 1. The van der Waals surface area contributed by atoms with Crippen molar-refractivity contribution in [3.63, 3.8) is 0 Å². The second-order valence-electron chi connectivity index (χ2n) is 21.0. The highest BCUT2D eigenvalue weighted by atomic mass is 35.5. The van der Waals surface area contributed by atoms with Crippen molar-refractivity contribution >= 4 is 57.7 Å². The molecule has 406 valence electrons. The number of carbonyl (C=O) groups excluding carboxylic acids is 4. The summed E-state index contributed by atoms with van der Waals surface area (Å²) in [6, 6.07) is 28.4. The van der Waals surface area contributed by atoms with Crippen molar-refractivity contribution in [3.8, 4) is 27.7 Å². The number of rotatable bonds is 24. The van der Waals surface area contributed by atoms with Crippen molar-refractivity contribution in [1.82, 2.24) is 30.3 Å². The number of aliphatic hydroxyl groups excluding tert-OH is 1. The van der Waals surface area contributed by atoms with Crippen molar-refractivity contribution < 1.29 is 39.2 Å². The molecule has 4 amide bonds. The molecule has 4 aromatic carbocycles. The van der Waals surface area contributed by atoms with Crippen molar-refractivity contribution in [1.29, 1.82) is 0 Å². The molecule has 0 saturated carbocycles. The highest BCUT2D eigenvalue weighted by Gasteiger charge is 2.44. The van der Waals surface area contributed by atoms with Crippen molar-refractivity contribution in [3.05, 3.63) is 131 Å². The van der Waals surface area contributed by atoms with Gasteiger partial charge >= 0.3 is 0 Å². The van der Waals surface area contributed by atoms with Crippen LogP contribution in [0.1, 0.15) is 113 Å². The fourth-order valence-corrected chi connectivity index (χ4v) is 11.0. The summed E-state index contributed by atoms with van der Waals surface area (Å²) in [6.07, 6.45) is 5.90. The fourth-order valence-electron chi connectivity index (χ4n) is 9.99. The lowest BCUT2D eigenvalue weighted by Crippen LogP contribution is -2.57. The van der Waals surface area contributed by atoms with Gasteiger partial charge in [0.15, 0.2) is 0 Å². The number of alkyl halides is 1. The molecule has 16 heteroatoms.